The Labute approximate surface area is 133 Å². The number of hydrogen-bond donors (Lipinski definition) is 0. The SMILES string of the molecule is CC1CCc2ccccc2N1C(=O)Cc1ccc(Br)cc1. The second kappa shape index (κ2) is 6.02. The van der Waals surface area contributed by atoms with Crippen molar-refractivity contribution in [2.45, 2.75) is 32.2 Å². The molecule has 2 aromatic rings. The topological polar surface area (TPSA) is 20.3 Å². The molecule has 0 bridgehead atoms. The van der Waals surface area contributed by atoms with E-state index in [1.807, 2.05) is 41.3 Å². The van der Waals surface area contributed by atoms with Crippen LogP contribution in [0.5, 0.6) is 0 Å². The predicted octanol–water partition coefficient (Wildman–Crippen LogP) is 4.36. The Bertz CT molecular complexity index is 651. The number of fused-ring (bicyclic) bond motifs is 1. The van der Waals surface area contributed by atoms with Gasteiger partial charge in [-0.05, 0) is 49.1 Å². The van der Waals surface area contributed by atoms with Gasteiger partial charge in [-0.2, -0.15) is 0 Å². The van der Waals surface area contributed by atoms with Gasteiger partial charge in [-0.1, -0.05) is 46.3 Å². The number of benzene rings is 2. The Morgan fingerprint density at radius 3 is 2.67 bits per heavy atom. The summed E-state index contributed by atoms with van der Waals surface area (Å²) in [6.07, 6.45) is 2.54. The van der Waals surface area contributed by atoms with Crippen LogP contribution in [-0.4, -0.2) is 11.9 Å². The molecule has 3 rings (SSSR count). The average Bonchev–Trinajstić information content (AvgIpc) is 2.49. The molecule has 0 N–H and O–H groups in total. The summed E-state index contributed by atoms with van der Waals surface area (Å²) in [5.41, 5.74) is 3.41. The molecule has 108 valence electrons. The lowest BCUT2D eigenvalue weighted by Crippen LogP contribution is -2.42. The number of carbonyl (C=O) groups is 1. The van der Waals surface area contributed by atoms with Crippen LogP contribution in [0.3, 0.4) is 0 Å². The molecule has 1 aliphatic heterocycles. The normalized spacial score (nSPS) is 17.4. The van der Waals surface area contributed by atoms with E-state index in [2.05, 4.69) is 35.0 Å². The number of amides is 1. The number of halogens is 1. The van der Waals surface area contributed by atoms with Gasteiger partial charge in [0, 0.05) is 16.2 Å². The molecule has 0 spiro atoms. The van der Waals surface area contributed by atoms with E-state index in [0.29, 0.717) is 6.42 Å². The van der Waals surface area contributed by atoms with Gasteiger partial charge in [-0.3, -0.25) is 4.79 Å². The summed E-state index contributed by atoms with van der Waals surface area (Å²) in [4.78, 5) is 14.7. The minimum atomic E-state index is 0.178. The average molecular weight is 344 g/mol. The Balaban J connectivity index is 1.85. The highest BCUT2D eigenvalue weighted by Gasteiger charge is 2.27. The molecule has 1 aliphatic rings. The van der Waals surface area contributed by atoms with Crippen LogP contribution in [0.25, 0.3) is 0 Å². The lowest BCUT2D eigenvalue weighted by molar-refractivity contribution is -0.118. The van der Waals surface area contributed by atoms with Crippen molar-refractivity contribution >= 4 is 27.5 Å². The maximum absolute atomic E-state index is 12.7. The van der Waals surface area contributed by atoms with Crippen LogP contribution < -0.4 is 4.90 Å². The third kappa shape index (κ3) is 3.03. The Hall–Kier alpha value is -1.61. The molecular formula is C18H18BrNO. The van der Waals surface area contributed by atoms with Gasteiger partial charge in [-0.25, -0.2) is 0 Å². The fraction of sp³-hybridized carbons (Fsp3) is 0.278. The zero-order valence-electron chi connectivity index (χ0n) is 12.1. The van der Waals surface area contributed by atoms with Gasteiger partial charge < -0.3 is 4.90 Å². The fourth-order valence-corrected chi connectivity index (χ4v) is 3.19. The molecule has 0 saturated heterocycles. The number of nitrogens with zero attached hydrogens (tertiary/aromatic N) is 1. The van der Waals surface area contributed by atoms with E-state index in [1.165, 1.54) is 5.56 Å². The van der Waals surface area contributed by atoms with Crippen molar-refractivity contribution in [2.24, 2.45) is 0 Å². The van der Waals surface area contributed by atoms with Crippen molar-refractivity contribution in [3.63, 3.8) is 0 Å². The monoisotopic (exact) mass is 343 g/mol. The van der Waals surface area contributed by atoms with E-state index in [0.717, 1.165) is 28.6 Å². The van der Waals surface area contributed by atoms with Gasteiger partial charge in [0.1, 0.15) is 0 Å². The minimum Gasteiger partial charge on any atom is -0.309 e. The number of carbonyl (C=O) groups excluding carboxylic acids is 1. The largest absolute Gasteiger partial charge is 0.309 e. The molecule has 2 aromatic carbocycles. The molecule has 1 unspecified atom stereocenters. The van der Waals surface area contributed by atoms with Gasteiger partial charge in [0.2, 0.25) is 5.91 Å². The molecular weight excluding hydrogens is 326 g/mol. The van der Waals surface area contributed by atoms with Crippen LogP contribution >= 0.6 is 15.9 Å². The maximum Gasteiger partial charge on any atom is 0.231 e. The Kier molecular flexibility index (Phi) is 4.11. The number of aryl methyl sites for hydroxylation is 1. The second-order valence-corrected chi connectivity index (χ2v) is 6.50. The smallest absolute Gasteiger partial charge is 0.231 e. The summed E-state index contributed by atoms with van der Waals surface area (Å²) in [6, 6.07) is 16.5. The number of hydrogen-bond acceptors (Lipinski definition) is 1. The van der Waals surface area contributed by atoms with Gasteiger partial charge in [0.15, 0.2) is 0 Å². The lowest BCUT2D eigenvalue weighted by Gasteiger charge is -2.35. The standard InChI is InChI=1S/C18H18BrNO/c1-13-6-9-15-4-2-3-5-17(15)20(13)18(21)12-14-7-10-16(19)11-8-14/h2-5,7-8,10-11,13H,6,9,12H2,1H3. The minimum absolute atomic E-state index is 0.178. The molecule has 0 radical (unpaired) electrons. The highest BCUT2D eigenvalue weighted by Crippen LogP contribution is 2.31. The summed E-state index contributed by atoms with van der Waals surface area (Å²) in [6.45, 7) is 2.13. The molecule has 1 heterocycles. The third-order valence-corrected chi connectivity index (χ3v) is 4.59. The molecule has 0 aromatic heterocycles. The molecule has 2 nitrogen and oxygen atoms in total. The van der Waals surface area contributed by atoms with Crippen molar-refractivity contribution in [2.75, 3.05) is 4.90 Å². The van der Waals surface area contributed by atoms with Gasteiger partial charge in [0.25, 0.3) is 0 Å². The summed E-state index contributed by atoms with van der Waals surface area (Å²) in [5, 5.41) is 0. The highest BCUT2D eigenvalue weighted by molar-refractivity contribution is 9.10. The van der Waals surface area contributed by atoms with Gasteiger partial charge in [0.05, 0.1) is 6.42 Å². The quantitative estimate of drug-likeness (QED) is 0.793. The van der Waals surface area contributed by atoms with E-state index in [-0.39, 0.29) is 11.9 Å². The summed E-state index contributed by atoms with van der Waals surface area (Å²) in [5.74, 6) is 0.178. The first-order valence-electron chi connectivity index (χ1n) is 7.29. The summed E-state index contributed by atoms with van der Waals surface area (Å²) in [7, 11) is 0. The van der Waals surface area contributed by atoms with Gasteiger partial charge in [-0.15, -0.1) is 0 Å². The summed E-state index contributed by atoms with van der Waals surface area (Å²) >= 11 is 3.42. The number of para-hydroxylation sites is 1. The predicted molar refractivity (Wildman–Crippen MR) is 89.6 cm³/mol. The van der Waals surface area contributed by atoms with Gasteiger partial charge >= 0.3 is 0 Å². The lowest BCUT2D eigenvalue weighted by atomic mass is 9.96. The molecule has 1 atom stereocenters. The summed E-state index contributed by atoms with van der Waals surface area (Å²) < 4.78 is 1.04. The van der Waals surface area contributed by atoms with E-state index < -0.39 is 0 Å². The van der Waals surface area contributed by atoms with Crippen LogP contribution in [0.4, 0.5) is 5.69 Å². The van der Waals surface area contributed by atoms with E-state index in [1.54, 1.807) is 0 Å². The zero-order chi connectivity index (χ0) is 14.8. The molecule has 1 amide bonds. The first kappa shape index (κ1) is 14.3. The third-order valence-electron chi connectivity index (χ3n) is 4.06. The molecule has 0 aliphatic carbocycles. The molecule has 21 heavy (non-hydrogen) atoms. The fourth-order valence-electron chi connectivity index (χ4n) is 2.93. The number of anilines is 1. The Morgan fingerprint density at radius 1 is 1.19 bits per heavy atom. The first-order valence-corrected chi connectivity index (χ1v) is 8.09. The zero-order valence-corrected chi connectivity index (χ0v) is 13.6. The number of rotatable bonds is 2. The highest BCUT2D eigenvalue weighted by atomic mass is 79.9. The van der Waals surface area contributed by atoms with Crippen molar-refractivity contribution in [1.29, 1.82) is 0 Å². The van der Waals surface area contributed by atoms with Crippen LogP contribution in [0.2, 0.25) is 0 Å². The van der Waals surface area contributed by atoms with E-state index >= 15 is 0 Å². The van der Waals surface area contributed by atoms with Crippen molar-refractivity contribution < 1.29 is 4.79 Å². The van der Waals surface area contributed by atoms with Crippen molar-refractivity contribution in [3.8, 4) is 0 Å². The van der Waals surface area contributed by atoms with Crippen molar-refractivity contribution in [1.82, 2.24) is 0 Å². The van der Waals surface area contributed by atoms with Crippen LogP contribution in [0.15, 0.2) is 53.0 Å². The van der Waals surface area contributed by atoms with E-state index in [4.69, 9.17) is 0 Å². The maximum atomic E-state index is 12.7. The van der Waals surface area contributed by atoms with Crippen LogP contribution in [0.1, 0.15) is 24.5 Å². The molecule has 0 saturated carbocycles. The first-order chi connectivity index (χ1) is 10.1. The molecule has 3 heteroatoms. The van der Waals surface area contributed by atoms with Crippen LogP contribution in [0, 0.1) is 0 Å². The Morgan fingerprint density at radius 2 is 1.90 bits per heavy atom. The second-order valence-electron chi connectivity index (χ2n) is 5.58. The van der Waals surface area contributed by atoms with E-state index in [9.17, 15) is 4.79 Å². The van der Waals surface area contributed by atoms with Crippen LogP contribution in [-0.2, 0) is 17.6 Å². The molecule has 0 fully saturated rings. The van der Waals surface area contributed by atoms with Crippen molar-refractivity contribution in [3.05, 3.63) is 64.1 Å².